The van der Waals surface area contributed by atoms with Gasteiger partial charge in [0.25, 0.3) is 5.91 Å². The van der Waals surface area contributed by atoms with Gasteiger partial charge in [-0.25, -0.2) is 0 Å². The van der Waals surface area contributed by atoms with Crippen LogP contribution in [0.5, 0.6) is 5.75 Å². The topological polar surface area (TPSA) is 62.2 Å². The predicted octanol–water partition coefficient (Wildman–Crippen LogP) is 4.07. The van der Waals surface area contributed by atoms with Gasteiger partial charge in [0.15, 0.2) is 5.75 Å². The van der Waals surface area contributed by atoms with Gasteiger partial charge in [0, 0.05) is 11.6 Å². The lowest BCUT2D eigenvalue weighted by molar-refractivity contribution is 0.0937. The Kier molecular flexibility index (Phi) is 4.96. The third-order valence-corrected chi connectivity index (χ3v) is 3.64. The van der Waals surface area contributed by atoms with Gasteiger partial charge in [-0.15, -0.1) is 0 Å². The number of nitrogens with one attached hydrogen (secondary N) is 1. The average molecular weight is 308 g/mol. The number of hydrogen-bond acceptors (Lipinski definition) is 3. The van der Waals surface area contributed by atoms with Crippen molar-refractivity contribution >= 4 is 16.8 Å². The molecule has 1 aromatic heterocycles. The van der Waals surface area contributed by atoms with Gasteiger partial charge < -0.3 is 10.4 Å². The molecule has 2 N–H and O–H groups in total. The van der Waals surface area contributed by atoms with E-state index in [0.717, 1.165) is 10.9 Å². The smallest absolute Gasteiger partial charge is 0.255 e. The number of pyridine rings is 1. The van der Waals surface area contributed by atoms with E-state index in [1.807, 2.05) is 43.3 Å². The van der Waals surface area contributed by atoms with Crippen molar-refractivity contribution in [3.8, 4) is 5.75 Å². The summed E-state index contributed by atoms with van der Waals surface area (Å²) in [4.78, 5) is 16.5. The first-order valence-electron chi connectivity index (χ1n) is 7.09. The summed E-state index contributed by atoms with van der Waals surface area (Å²) < 4.78 is 0. The fourth-order valence-corrected chi connectivity index (χ4v) is 2.41. The Morgan fingerprint density at radius 2 is 1.83 bits per heavy atom. The molecule has 0 aliphatic carbocycles. The number of carbonyl (C=O) groups is 1. The molecule has 4 heteroatoms. The van der Waals surface area contributed by atoms with E-state index in [9.17, 15) is 9.90 Å². The highest BCUT2D eigenvalue weighted by molar-refractivity contribution is 6.02. The quantitative estimate of drug-likeness (QED) is 0.766. The molecule has 2 aromatic carbocycles. The van der Waals surface area contributed by atoms with Gasteiger partial charge in [-0.1, -0.05) is 49.9 Å². The second-order valence-corrected chi connectivity index (χ2v) is 5.14. The van der Waals surface area contributed by atoms with Crippen LogP contribution in [0.1, 0.15) is 36.3 Å². The van der Waals surface area contributed by atoms with E-state index < -0.39 is 0 Å². The molecule has 1 heterocycles. The summed E-state index contributed by atoms with van der Waals surface area (Å²) in [6, 6.07) is 16.6. The minimum Gasteiger partial charge on any atom is -0.505 e. The first kappa shape index (κ1) is 16.5. The third-order valence-electron chi connectivity index (χ3n) is 3.64. The number of phenolic OH excluding ortho intramolecular Hbond substituents is 1. The fraction of sp³-hybridized carbons (Fsp3) is 0.158. The van der Waals surface area contributed by atoms with Crippen LogP contribution in [0.25, 0.3) is 10.9 Å². The van der Waals surface area contributed by atoms with E-state index in [1.54, 1.807) is 24.4 Å². The SMILES string of the molecule is C.CC(NC(=O)c1ccc2cccnc2c1O)c1ccccc1. The molecule has 0 aliphatic rings. The number of aromatic hydroxyl groups is 1. The van der Waals surface area contributed by atoms with E-state index >= 15 is 0 Å². The zero-order chi connectivity index (χ0) is 15.5. The Bertz CT molecular complexity index is 816. The second kappa shape index (κ2) is 6.92. The molecule has 0 saturated carbocycles. The third kappa shape index (κ3) is 3.31. The summed E-state index contributed by atoms with van der Waals surface area (Å²) in [6.07, 6.45) is 1.59. The molecule has 3 rings (SSSR count). The summed E-state index contributed by atoms with van der Waals surface area (Å²) in [7, 11) is 0. The van der Waals surface area contributed by atoms with Gasteiger partial charge in [-0.2, -0.15) is 0 Å². The second-order valence-electron chi connectivity index (χ2n) is 5.14. The maximum atomic E-state index is 12.4. The van der Waals surface area contributed by atoms with Crippen LogP contribution in [-0.2, 0) is 0 Å². The van der Waals surface area contributed by atoms with Crippen LogP contribution >= 0.6 is 0 Å². The summed E-state index contributed by atoms with van der Waals surface area (Å²) >= 11 is 0. The number of aromatic nitrogens is 1. The number of rotatable bonds is 3. The molecule has 0 fully saturated rings. The van der Waals surface area contributed by atoms with Gasteiger partial charge in [-0.05, 0) is 24.6 Å². The van der Waals surface area contributed by atoms with E-state index in [1.165, 1.54) is 0 Å². The Balaban J connectivity index is 0.00000192. The number of benzene rings is 2. The Morgan fingerprint density at radius 1 is 1.09 bits per heavy atom. The van der Waals surface area contributed by atoms with Crippen LogP contribution in [0, 0.1) is 0 Å². The molecule has 118 valence electrons. The van der Waals surface area contributed by atoms with E-state index in [-0.39, 0.29) is 30.7 Å². The standard InChI is InChI=1S/C18H16N2O2.CH4/c1-12(13-6-3-2-4-7-13)20-18(22)15-10-9-14-8-5-11-19-16(14)17(15)21;/h2-12,21H,1H3,(H,20,22);1H4. The highest BCUT2D eigenvalue weighted by Crippen LogP contribution is 2.27. The number of amides is 1. The highest BCUT2D eigenvalue weighted by atomic mass is 16.3. The molecular formula is C19H20N2O2. The van der Waals surface area contributed by atoms with Crippen molar-refractivity contribution in [2.45, 2.75) is 20.4 Å². The summed E-state index contributed by atoms with van der Waals surface area (Å²) in [6.45, 7) is 1.91. The Morgan fingerprint density at radius 3 is 2.57 bits per heavy atom. The summed E-state index contributed by atoms with van der Waals surface area (Å²) in [5.41, 5.74) is 1.67. The number of nitrogens with zero attached hydrogens (tertiary/aromatic N) is 1. The normalized spacial score (nSPS) is 11.5. The van der Waals surface area contributed by atoms with Crippen molar-refractivity contribution in [3.05, 3.63) is 71.9 Å². The number of hydrogen-bond donors (Lipinski definition) is 2. The van der Waals surface area contributed by atoms with Crippen molar-refractivity contribution in [1.82, 2.24) is 10.3 Å². The summed E-state index contributed by atoms with van der Waals surface area (Å²) in [5, 5.41) is 14.0. The molecule has 23 heavy (non-hydrogen) atoms. The molecule has 0 bridgehead atoms. The lowest BCUT2D eigenvalue weighted by Crippen LogP contribution is -2.26. The average Bonchev–Trinajstić information content (AvgIpc) is 2.56. The zero-order valence-electron chi connectivity index (χ0n) is 12.2. The van der Waals surface area contributed by atoms with Crippen LogP contribution in [0.15, 0.2) is 60.8 Å². The Labute approximate surface area is 135 Å². The van der Waals surface area contributed by atoms with E-state index in [4.69, 9.17) is 0 Å². The van der Waals surface area contributed by atoms with Crippen molar-refractivity contribution in [2.75, 3.05) is 0 Å². The monoisotopic (exact) mass is 308 g/mol. The van der Waals surface area contributed by atoms with Crippen LogP contribution in [0.4, 0.5) is 0 Å². The molecule has 0 saturated heterocycles. The molecule has 1 amide bonds. The lowest BCUT2D eigenvalue weighted by Gasteiger charge is -2.15. The molecular weight excluding hydrogens is 288 g/mol. The van der Waals surface area contributed by atoms with Gasteiger partial charge in [-0.3, -0.25) is 9.78 Å². The molecule has 1 atom stereocenters. The molecule has 1 unspecified atom stereocenters. The van der Waals surface area contributed by atoms with Gasteiger partial charge >= 0.3 is 0 Å². The Hall–Kier alpha value is -2.88. The van der Waals surface area contributed by atoms with Gasteiger partial charge in [0.1, 0.15) is 5.52 Å². The number of fused-ring (bicyclic) bond motifs is 1. The summed E-state index contributed by atoms with van der Waals surface area (Å²) in [5.74, 6) is -0.405. The van der Waals surface area contributed by atoms with Crippen LogP contribution in [-0.4, -0.2) is 16.0 Å². The maximum absolute atomic E-state index is 12.4. The largest absolute Gasteiger partial charge is 0.505 e. The number of phenols is 1. The first-order valence-corrected chi connectivity index (χ1v) is 7.09. The maximum Gasteiger partial charge on any atom is 0.255 e. The molecule has 0 spiro atoms. The van der Waals surface area contributed by atoms with Gasteiger partial charge in [0.05, 0.1) is 11.6 Å². The first-order chi connectivity index (χ1) is 10.7. The predicted molar refractivity (Wildman–Crippen MR) is 92.5 cm³/mol. The minimum atomic E-state index is -0.318. The van der Waals surface area contributed by atoms with Crippen molar-refractivity contribution in [1.29, 1.82) is 0 Å². The van der Waals surface area contributed by atoms with Crippen molar-refractivity contribution in [2.24, 2.45) is 0 Å². The molecule has 3 aromatic rings. The number of carbonyl (C=O) groups excluding carboxylic acids is 1. The van der Waals surface area contributed by atoms with Crippen molar-refractivity contribution < 1.29 is 9.90 Å². The molecule has 4 nitrogen and oxygen atoms in total. The molecule has 0 radical (unpaired) electrons. The van der Waals surface area contributed by atoms with Crippen molar-refractivity contribution in [3.63, 3.8) is 0 Å². The van der Waals surface area contributed by atoms with E-state index in [2.05, 4.69) is 10.3 Å². The van der Waals surface area contributed by atoms with E-state index in [0.29, 0.717) is 5.52 Å². The van der Waals surface area contributed by atoms with Crippen LogP contribution in [0.3, 0.4) is 0 Å². The van der Waals surface area contributed by atoms with Crippen LogP contribution in [0.2, 0.25) is 0 Å². The molecule has 0 aliphatic heterocycles. The van der Waals surface area contributed by atoms with Gasteiger partial charge in [0.2, 0.25) is 0 Å². The van der Waals surface area contributed by atoms with Crippen LogP contribution < -0.4 is 5.32 Å². The lowest BCUT2D eigenvalue weighted by atomic mass is 10.1. The zero-order valence-corrected chi connectivity index (χ0v) is 12.2. The minimum absolute atomic E-state index is 0. The highest BCUT2D eigenvalue weighted by Gasteiger charge is 2.16. The fourth-order valence-electron chi connectivity index (χ4n) is 2.41.